The van der Waals surface area contributed by atoms with Crippen molar-refractivity contribution in [3.05, 3.63) is 48.2 Å². The summed E-state index contributed by atoms with van der Waals surface area (Å²) in [6.07, 6.45) is 7.20. The summed E-state index contributed by atoms with van der Waals surface area (Å²) in [5, 5.41) is 10.3. The van der Waals surface area contributed by atoms with Gasteiger partial charge in [0.15, 0.2) is 0 Å². The Hall–Kier alpha value is -2.82. The third-order valence-electron chi connectivity index (χ3n) is 5.29. The van der Waals surface area contributed by atoms with Crippen LogP contribution in [0, 0.1) is 5.92 Å². The first-order valence-corrected chi connectivity index (χ1v) is 9.57. The number of carbonyl (C=O) groups is 1. The number of carboxylic acid groups (broad SMARTS) is 1. The SMILES string of the molecule is CC(Cc1ccc(OC2CCCC2)c(-c2ccc3cc[nH]c3n2)c1)C(=O)O. The smallest absolute Gasteiger partial charge is 0.306 e. The van der Waals surface area contributed by atoms with Crippen LogP contribution >= 0.6 is 0 Å². The molecule has 5 heteroatoms. The average Bonchev–Trinajstić information content (AvgIpc) is 3.33. The van der Waals surface area contributed by atoms with Crippen LogP contribution in [-0.2, 0) is 11.2 Å². The lowest BCUT2D eigenvalue weighted by Gasteiger charge is -2.18. The van der Waals surface area contributed by atoms with Crippen molar-refractivity contribution in [2.75, 3.05) is 0 Å². The van der Waals surface area contributed by atoms with Gasteiger partial charge in [-0.15, -0.1) is 0 Å². The number of hydrogen-bond acceptors (Lipinski definition) is 3. The number of hydrogen-bond donors (Lipinski definition) is 2. The highest BCUT2D eigenvalue weighted by Crippen LogP contribution is 2.34. The lowest BCUT2D eigenvalue weighted by atomic mass is 9.98. The molecule has 1 atom stereocenters. The number of nitrogens with zero attached hydrogens (tertiary/aromatic N) is 1. The standard InChI is InChI=1S/C22H24N2O3/c1-14(22(25)26)12-15-6-9-20(27-17-4-2-3-5-17)18(13-15)19-8-7-16-10-11-23-21(16)24-19/h6-11,13-14,17H,2-5,12H2,1H3,(H,23,24)(H,25,26). The Morgan fingerprint density at radius 2 is 2.07 bits per heavy atom. The van der Waals surface area contributed by atoms with E-state index in [0.29, 0.717) is 6.42 Å². The Bertz CT molecular complexity index is 957. The van der Waals surface area contributed by atoms with Crippen LogP contribution in [0.25, 0.3) is 22.3 Å². The lowest BCUT2D eigenvalue weighted by molar-refractivity contribution is -0.141. The molecule has 2 N–H and O–H groups in total. The summed E-state index contributed by atoms with van der Waals surface area (Å²) >= 11 is 0. The van der Waals surface area contributed by atoms with Gasteiger partial charge in [-0.1, -0.05) is 13.0 Å². The summed E-state index contributed by atoms with van der Waals surface area (Å²) in [7, 11) is 0. The maximum atomic E-state index is 11.2. The van der Waals surface area contributed by atoms with Crippen molar-refractivity contribution < 1.29 is 14.6 Å². The Morgan fingerprint density at radius 3 is 2.85 bits per heavy atom. The van der Waals surface area contributed by atoms with E-state index < -0.39 is 11.9 Å². The van der Waals surface area contributed by atoms with Gasteiger partial charge in [0.1, 0.15) is 11.4 Å². The van der Waals surface area contributed by atoms with Crippen LogP contribution in [-0.4, -0.2) is 27.1 Å². The number of benzene rings is 1. The van der Waals surface area contributed by atoms with Gasteiger partial charge in [-0.05, 0) is 68.0 Å². The largest absolute Gasteiger partial charge is 0.490 e. The molecule has 5 nitrogen and oxygen atoms in total. The van der Waals surface area contributed by atoms with E-state index in [0.717, 1.165) is 46.4 Å². The van der Waals surface area contributed by atoms with Gasteiger partial charge in [0.25, 0.3) is 0 Å². The number of fused-ring (bicyclic) bond motifs is 1. The molecule has 0 bridgehead atoms. The van der Waals surface area contributed by atoms with Gasteiger partial charge in [-0.25, -0.2) is 4.98 Å². The summed E-state index contributed by atoms with van der Waals surface area (Å²) in [5.74, 6) is -0.390. The number of aromatic nitrogens is 2. The minimum atomic E-state index is -0.784. The van der Waals surface area contributed by atoms with Crippen LogP contribution in [0.2, 0.25) is 0 Å². The third-order valence-corrected chi connectivity index (χ3v) is 5.29. The predicted molar refractivity (Wildman–Crippen MR) is 105 cm³/mol. The molecule has 140 valence electrons. The molecule has 2 aromatic heterocycles. The van der Waals surface area contributed by atoms with Gasteiger partial charge in [0.2, 0.25) is 0 Å². The van der Waals surface area contributed by atoms with E-state index in [1.807, 2.05) is 42.6 Å². The van der Waals surface area contributed by atoms with E-state index in [-0.39, 0.29) is 6.10 Å². The fourth-order valence-electron chi connectivity index (χ4n) is 3.71. The van der Waals surface area contributed by atoms with Crippen LogP contribution in [0.15, 0.2) is 42.6 Å². The highest BCUT2D eigenvalue weighted by molar-refractivity contribution is 5.80. The average molecular weight is 364 g/mol. The fourth-order valence-corrected chi connectivity index (χ4v) is 3.71. The normalized spacial score (nSPS) is 15.9. The molecule has 1 aliphatic carbocycles. The highest BCUT2D eigenvalue weighted by Gasteiger charge is 2.20. The van der Waals surface area contributed by atoms with E-state index >= 15 is 0 Å². The van der Waals surface area contributed by atoms with Crippen molar-refractivity contribution in [1.82, 2.24) is 9.97 Å². The second-order valence-corrected chi connectivity index (χ2v) is 7.41. The van der Waals surface area contributed by atoms with Crippen LogP contribution in [0.3, 0.4) is 0 Å². The highest BCUT2D eigenvalue weighted by atomic mass is 16.5. The maximum absolute atomic E-state index is 11.2. The van der Waals surface area contributed by atoms with Gasteiger partial charge in [-0.3, -0.25) is 4.79 Å². The van der Waals surface area contributed by atoms with Crippen molar-refractivity contribution in [1.29, 1.82) is 0 Å². The minimum Gasteiger partial charge on any atom is -0.490 e. The zero-order chi connectivity index (χ0) is 18.8. The van der Waals surface area contributed by atoms with E-state index in [4.69, 9.17) is 9.72 Å². The van der Waals surface area contributed by atoms with Gasteiger partial charge in [0, 0.05) is 17.1 Å². The molecule has 0 radical (unpaired) electrons. The molecule has 4 rings (SSSR count). The molecule has 27 heavy (non-hydrogen) atoms. The number of nitrogens with one attached hydrogen (secondary N) is 1. The monoisotopic (exact) mass is 364 g/mol. The van der Waals surface area contributed by atoms with Crippen LogP contribution in [0.1, 0.15) is 38.2 Å². The predicted octanol–water partition coefficient (Wildman–Crippen LogP) is 4.81. The molecule has 1 saturated carbocycles. The maximum Gasteiger partial charge on any atom is 0.306 e. The topological polar surface area (TPSA) is 75.2 Å². The van der Waals surface area contributed by atoms with Crippen molar-refractivity contribution in [3.63, 3.8) is 0 Å². The Kier molecular flexibility index (Phi) is 4.84. The fraction of sp³-hybridized carbons (Fsp3) is 0.364. The molecule has 3 aromatic rings. The molecule has 1 unspecified atom stereocenters. The van der Waals surface area contributed by atoms with Crippen LogP contribution in [0.5, 0.6) is 5.75 Å². The minimum absolute atomic E-state index is 0.252. The van der Waals surface area contributed by atoms with E-state index in [9.17, 15) is 9.90 Å². The molecule has 0 saturated heterocycles. The van der Waals surface area contributed by atoms with Gasteiger partial charge < -0.3 is 14.8 Å². The first kappa shape index (κ1) is 17.6. The first-order chi connectivity index (χ1) is 13.1. The summed E-state index contributed by atoms with van der Waals surface area (Å²) in [6, 6.07) is 12.0. The summed E-state index contributed by atoms with van der Waals surface area (Å²) in [4.78, 5) is 19.1. The first-order valence-electron chi connectivity index (χ1n) is 9.57. The second kappa shape index (κ2) is 7.43. The van der Waals surface area contributed by atoms with E-state index in [2.05, 4.69) is 4.98 Å². The number of rotatable bonds is 6. The van der Waals surface area contributed by atoms with Crippen LogP contribution < -0.4 is 4.74 Å². The van der Waals surface area contributed by atoms with Gasteiger partial charge >= 0.3 is 5.97 Å². The van der Waals surface area contributed by atoms with Crippen molar-refractivity contribution in [3.8, 4) is 17.0 Å². The summed E-state index contributed by atoms with van der Waals surface area (Å²) in [6.45, 7) is 1.73. The molecule has 0 amide bonds. The summed E-state index contributed by atoms with van der Waals surface area (Å²) < 4.78 is 6.30. The van der Waals surface area contributed by atoms with Crippen LogP contribution in [0.4, 0.5) is 0 Å². The zero-order valence-electron chi connectivity index (χ0n) is 15.4. The molecule has 2 heterocycles. The Balaban J connectivity index is 1.72. The number of H-pyrrole nitrogens is 1. The van der Waals surface area contributed by atoms with Crippen molar-refractivity contribution in [2.24, 2.45) is 5.92 Å². The quantitative estimate of drug-likeness (QED) is 0.658. The van der Waals surface area contributed by atoms with Gasteiger partial charge in [0.05, 0.1) is 17.7 Å². The zero-order valence-corrected chi connectivity index (χ0v) is 15.4. The Labute approximate surface area is 158 Å². The molecule has 1 fully saturated rings. The Morgan fingerprint density at radius 1 is 1.26 bits per heavy atom. The number of aromatic amines is 1. The van der Waals surface area contributed by atoms with Gasteiger partial charge in [-0.2, -0.15) is 0 Å². The number of carboxylic acids is 1. The third kappa shape index (κ3) is 3.82. The van der Waals surface area contributed by atoms with Crippen molar-refractivity contribution in [2.45, 2.75) is 45.1 Å². The number of ether oxygens (including phenoxy) is 1. The summed E-state index contributed by atoms with van der Waals surface area (Å²) in [5.41, 5.74) is 3.58. The molecule has 1 aromatic carbocycles. The molecular formula is C22H24N2O3. The molecule has 1 aliphatic rings. The van der Waals surface area contributed by atoms with E-state index in [1.54, 1.807) is 6.92 Å². The molecular weight excluding hydrogens is 340 g/mol. The molecule has 0 aliphatic heterocycles. The van der Waals surface area contributed by atoms with E-state index in [1.165, 1.54) is 12.8 Å². The second-order valence-electron chi connectivity index (χ2n) is 7.41. The molecule has 0 spiro atoms. The van der Waals surface area contributed by atoms with Crippen molar-refractivity contribution >= 4 is 17.0 Å². The number of aliphatic carboxylic acids is 1. The lowest BCUT2D eigenvalue weighted by Crippen LogP contribution is -2.13. The number of pyridine rings is 1.